The van der Waals surface area contributed by atoms with Crippen LogP contribution in [0.5, 0.6) is 0 Å². The van der Waals surface area contributed by atoms with Crippen LogP contribution in [0, 0.1) is 0 Å². The molecule has 0 saturated heterocycles. The zero-order valence-corrected chi connectivity index (χ0v) is 11.1. The Hall–Kier alpha value is -1.32. The molecule has 3 aromatic rings. The number of nitrogens with zero attached hydrogens (tertiary/aromatic N) is 2. The van der Waals surface area contributed by atoms with Gasteiger partial charge in [0.25, 0.3) is 0 Å². The maximum Gasteiger partial charge on any atom is 0.137 e. The summed E-state index contributed by atoms with van der Waals surface area (Å²) < 4.78 is 2.96. The second kappa shape index (κ2) is 4.17. The Morgan fingerprint density at radius 1 is 1.06 bits per heavy atom. The number of fused-ring (bicyclic) bond motifs is 1. The zero-order chi connectivity index (χ0) is 11.8. The average molecular weight is 308 g/mol. The topological polar surface area (TPSA) is 17.3 Å². The second-order valence-corrected chi connectivity index (χ2v) is 5.01. The number of benzene rings is 1. The maximum atomic E-state index is 5.95. The fourth-order valence-corrected chi connectivity index (χ4v) is 2.42. The molecule has 0 unspecified atom stereocenters. The monoisotopic (exact) mass is 306 g/mol. The molecule has 0 fully saturated rings. The van der Waals surface area contributed by atoms with Crippen molar-refractivity contribution in [2.24, 2.45) is 0 Å². The van der Waals surface area contributed by atoms with Crippen LogP contribution in [0.4, 0.5) is 0 Å². The van der Waals surface area contributed by atoms with Gasteiger partial charge in [-0.15, -0.1) is 0 Å². The van der Waals surface area contributed by atoms with E-state index in [-0.39, 0.29) is 0 Å². The molecule has 2 aromatic heterocycles. The highest BCUT2D eigenvalue weighted by Gasteiger charge is 2.07. The highest BCUT2D eigenvalue weighted by Crippen LogP contribution is 2.27. The molecule has 0 bridgehead atoms. The van der Waals surface area contributed by atoms with Crippen LogP contribution in [0.2, 0.25) is 5.02 Å². The van der Waals surface area contributed by atoms with Crippen LogP contribution in [-0.4, -0.2) is 9.38 Å². The van der Waals surface area contributed by atoms with Gasteiger partial charge in [0.05, 0.1) is 10.7 Å². The molecule has 0 N–H and O–H groups in total. The summed E-state index contributed by atoms with van der Waals surface area (Å²) in [5, 5.41) is 0.702. The lowest BCUT2D eigenvalue weighted by molar-refractivity contribution is 1.19. The minimum absolute atomic E-state index is 0.702. The van der Waals surface area contributed by atoms with Crippen molar-refractivity contribution in [3.63, 3.8) is 0 Å². The Kier molecular flexibility index (Phi) is 2.65. The summed E-state index contributed by atoms with van der Waals surface area (Å²) in [5.74, 6) is 0. The zero-order valence-electron chi connectivity index (χ0n) is 8.77. The molecule has 0 spiro atoms. The summed E-state index contributed by atoms with van der Waals surface area (Å²) in [5.41, 5.74) is 2.90. The molecule has 3 rings (SSSR count). The summed E-state index contributed by atoms with van der Waals surface area (Å²) >= 11 is 9.48. The number of hydrogen-bond donors (Lipinski definition) is 0. The SMILES string of the molecule is Clc1ccc2nc(-c3ccccc3Br)cn2c1. The van der Waals surface area contributed by atoms with Gasteiger partial charge in [-0.2, -0.15) is 0 Å². The minimum Gasteiger partial charge on any atom is -0.305 e. The van der Waals surface area contributed by atoms with Crippen LogP contribution in [0.1, 0.15) is 0 Å². The van der Waals surface area contributed by atoms with Crippen molar-refractivity contribution in [2.45, 2.75) is 0 Å². The van der Waals surface area contributed by atoms with Crippen LogP contribution >= 0.6 is 27.5 Å². The minimum atomic E-state index is 0.702. The van der Waals surface area contributed by atoms with Gasteiger partial charge >= 0.3 is 0 Å². The molecule has 17 heavy (non-hydrogen) atoms. The molecule has 0 atom stereocenters. The smallest absolute Gasteiger partial charge is 0.137 e. The van der Waals surface area contributed by atoms with Crippen LogP contribution in [0.25, 0.3) is 16.9 Å². The summed E-state index contributed by atoms with van der Waals surface area (Å²) in [7, 11) is 0. The molecule has 0 saturated carbocycles. The van der Waals surface area contributed by atoms with E-state index < -0.39 is 0 Å². The van der Waals surface area contributed by atoms with Crippen molar-refractivity contribution in [3.8, 4) is 11.3 Å². The largest absolute Gasteiger partial charge is 0.305 e. The first-order valence-electron chi connectivity index (χ1n) is 5.13. The lowest BCUT2D eigenvalue weighted by Gasteiger charge is -1.98. The highest BCUT2D eigenvalue weighted by atomic mass is 79.9. The van der Waals surface area contributed by atoms with Gasteiger partial charge in [-0.25, -0.2) is 4.98 Å². The van der Waals surface area contributed by atoms with Crippen LogP contribution in [-0.2, 0) is 0 Å². The molecule has 0 aliphatic rings. The van der Waals surface area contributed by atoms with Gasteiger partial charge in [0.15, 0.2) is 0 Å². The van der Waals surface area contributed by atoms with E-state index in [2.05, 4.69) is 20.9 Å². The standard InChI is InChI=1S/C13H8BrClN2/c14-11-4-2-1-3-10(11)12-8-17-7-9(15)5-6-13(17)16-12/h1-8H. The Bertz CT molecular complexity index is 691. The molecule has 0 aliphatic heterocycles. The maximum absolute atomic E-state index is 5.95. The van der Waals surface area contributed by atoms with Crippen molar-refractivity contribution < 1.29 is 0 Å². The van der Waals surface area contributed by atoms with Gasteiger partial charge in [0.1, 0.15) is 5.65 Å². The first-order chi connectivity index (χ1) is 8.24. The first-order valence-corrected chi connectivity index (χ1v) is 6.30. The molecule has 0 radical (unpaired) electrons. The van der Waals surface area contributed by atoms with E-state index in [0.29, 0.717) is 5.02 Å². The van der Waals surface area contributed by atoms with Gasteiger partial charge in [-0.05, 0) is 18.2 Å². The van der Waals surface area contributed by atoms with Crippen molar-refractivity contribution in [2.75, 3.05) is 0 Å². The average Bonchev–Trinajstić information content (AvgIpc) is 2.72. The van der Waals surface area contributed by atoms with Gasteiger partial charge < -0.3 is 4.40 Å². The summed E-state index contributed by atoms with van der Waals surface area (Å²) in [6, 6.07) is 11.8. The number of pyridine rings is 1. The Morgan fingerprint density at radius 3 is 2.71 bits per heavy atom. The molecule has 2 nitrogen and oxygen atoms in total. The first kappa shape index (κ1) is 10.8. The molecule has 1 aromatic carbocycles. The third kappa shape index (κ3) is 1.96. The van der Waals surface area contributed by atoms with Crippen molar-refractivity contribution in [3.05, 3.63) is 58.3 Å². The van der Waals surface area contributed by atoms with E-state index >= 15 is 0 Å². The third-order valence-corrected chi connectivity index (χ3v) is 3.48. The van der Waals surface area contributed by atoms with E-state index in [1.54, 1.807) is 0 Å². The molecule has 4 heteroatoms. The summed E-state index contributed by atoms with van der Waals surface area (Å²) in [6.45, 7) is 0. The Balaban J connectivity index is 2.22. The quantitative estimate of drug-likeness (QED) is 0.650. The van der Waals surface area contributed by atoms with Crippen molar-refractivity contribution in [1.29, 1.82) is 0 Å². The van der Waals surface area contributed by atoms with E-state index in [9.17, 15) is 0 Å². The van der Waals surface area contributed by atoms with Crippen LogP contribution < -0.4 is 0 Å². The summed E-state index contributed by atoms with van der Waals surface area (Å²) in [6.07, 6.45) is 3.82. The van der Waals surface area contributed by atoms with Gasteiger partial charge in [0.2, 0.25) is 0 Å². The Morgan fingerprint density at radius 2 is 1.88 bits per heavy atom. The fourth-order valence-electron chi connectivity index (χ4n) is 1.76. The molecule has 0 aliphatic carbocycles. The second-order valence-electron chi connectivity index (χ2n) is 3.72. The Labute approximate surface area is 112 Å². The lowest BCUT2D eigenvalue weighted by Crippen LogP contribution is -1.79. The number of halogens is 2. The molecular weight excluding hydrogens is 300 g/mol. The molecule has 84 valence electrons. The lowest BCUT2D eigenvalue weighted by atomic mass is 10.2. The highest BCUT2D eigenvalue weighted by molar-refractivity contribution is 9.10. The van der Waals surface area contributed by atoms with E-state index in [4.69, 9.17) is 11.6 Å². The molecule has 2 heterocycles. The van der Waals surface area contributed by atoms with Gasteiger partial charge in [0, 0.05) is 22.4 Å². The van der Waals surface area contributed by atoms with Gasteiger partial charge in [-0.3, -0.25) is 0 Å². The van der Waals surface area contributed by atoms with Crippen LogP contribution in [0.15, 0.2) is 53.3 Å². The normalized spacial score (nSPS) is 10.9. The number of aromatic nitrogens is 2. The predicted molar refractivity (Wildman–Crippen MR) is 73.3 cm³/mol. The fraction of sp³-hybridized carbons (Fsp3) is 0. The van der Waals surface area contributed by atoms with Crippen LogP contribution in [0.3, 0.4) is 0 Å². The molecule has 0 amide bonds. The number of rotatable bonds is 1. The third-order valence-electron chi connectivity index (χ3n) is 2.56. The predicted octanol–water partition coefficient (Wildman–Crippen LogP) is 4.42. The van der Waals surface area contributed by atoms with E-state index in [1.165, 1.54) is 0 Å². The molecular formula is C13H8BrClN2. The van der Waals surface area contributed by atoms with E-state index in [1.807, 2.05) is 53.2 Å². The summed E-state index contributed by atoms with van der Waals surface area (Å²) in [4.78, 5) is 4.56. The number of hydrogen-bond acceptors (Lipinski definition) is 1. The van der Waals surface area contributed by atoms with E-state index in [0.717, 1.165) is 21.4 Å². The van der Waals surface area contributed by atoms with Crippen molar-refractivity contribution >= 4 is 33.2 Å². The number of imidazole rings is 1. The van der Waals surface area contributed by atoms with Gasteiger partial charge in [-0.1, -0.05) is 45.7 Å². The van der Waals surface area contributed by atoms with Crippen molar-refractivity contribution in [1.82, 2.24) is 9.38 Å².